The molecule has 0 saturated carbocycles. The molecule has 1 saturated heterocycles. The Labute approximate surface area is 124 Å². The van der Waals surface area contributed by atoms with Crippen LogP contribution >= 0.6 is 0 Å². The molecule has 5 nitrogen and oxygen atoms in total. The lowest BCUT2D eigenvalue weighted by molar-refractivity contribution is 0.0712. The van der Waals surface area contributed by atoms with Crippen molar-refractivity contribution in [1.29, 1.82) is 0 Å². The summed E-state index contributed by atoms with van der Waals surface area (Å²) in [6.07, 6.45) is 5.65. The van der Waals surface area contributed by atoms with Crippen LogP contribution in [-0.4, -0.2) is 41.4 Å². The highest BCUT2D eigenvalue weighted by Gasteiger charge is 2.24. The molecule has 5 heteroatoms. The predicted octanol–water partition coefficient (Wildman–Crippen LogP) is 1.11. The van der Waals surface area contributed by atoms with Crippen LogP contribution in [0.25, 0.3) is 0 Å². The van der Waals surface area contributed by atoms with Crippen LogP contribution in [0.15, 0.2) is 18.5 Å². The maximum absolute atomic E-state index is 12.2. The molecule has 2 unspecified atom stereocenters. The number of hydrogen-bond acceptors (Lipinski definition) is 4. The van der Waals surface area contributed by atoms with Gasteiger partial charge in [-0.25, -0.2) is 0 Å². The van der Waals surface area contributed by atoms with Crippen LogP contribution in [0.4, 0.5) is 0 Å². The predicted molar refractivity (Wildman–Crippen MR) is 78.7 cm³/mol. The second-order valence-electron chi connectivity index (χ2n) is 5.05. The zero-order valence-corrected chi connectivity index (χ0v) is 12.1. The number of carbonyl (C=O) groups excluding carboxylic acids is 1. The number of rotatable bonds is 4. The minimum atomic E-state index is -0.170. The lowest BCUT2D eigenvalue weighted by atomic mass is 10.1. The van der Waals surface area contributed by atoms with E-state index in [1.54, 1.807) is 12.3 Å². The molecule has 1 aromatic rings. The molecule has 0 spiro atoms. The summed E-state index contributed by atoms with van der Waals surface area (Å²) < 4.78 is 5.56. The summed E-state index contributed by atoms with van der Waals surface area (Å²) in [5.41, 5.74) is 1.15. The molecule has 0 aromatic carbocycles. The molecule has 2 atom stereocenters. The average molecular weight is 288 g/mol. The normalized spacial score (nSPS) is 18.7. The van der Waals surface area contributed by atoms with E-state index in [1.165, 1.54) is 6.20 Å². The van der Waals surface area contributed by atoms with E-state index in [9.17, 15) is 4.79 Å². The minimum absolute atomic E-state index is 0.0240. The highest BCUT2D eigenvalue weighted by Crippen LogP contribution is 2.15. The molecule has 1 fully saturated rings. The third-order valence-electron chi connectivity index (χ3n) is 3.35. The molecule has 0 bridgehead atoms. The number of aliphatic hydroxyl groups excluding tert-OH is 1. The number of nitrogens with zero attached hydrogens (tertiary/aromatic N) is 1. The molecule has 2 heterocycles. The number of pyridine rings is 1. The summed E-state index contributed by atoms with van der Waals surface area (Å²) >= 11 is 0. The fraction of sp³-hybridized carbons (Fsp3) is 0.500. The van der Waals surface area contributed by atoms with Gasteiger partial charge in [-0.2, -0.15) is 0 Å². The van der Waals surface area contributed by atoms with Crippen molar-refractivity contribution in [1.82, 2.24) is 10.3 Å². The summed E-state index contributed by atoms with van der Waals surface area (Å²) in [7, 11) is 0. The van der Waals surface area contributed by atoms with Crippen LogP contribution < -0.4 is 5.32 Å². The number of amides is 1. The second-order valence-corrected chi connectivity index (χ2v) is 5.05. The van der Waals surface area contributed by atoms with Crippen molar-refractivity contribution in [2.45, 2.75) is 38.3 Å². The third-order valence-corrected chi connectivity index (χ3v) is 3.35. The number of carbonyl (C=O) groups is 1. The molecule has 2 N–H and O–H groups in total. The number of aromatic nitrogens is 1. The van der Waals surface area contributed by atoms with E-state index >= 15 is 0 Å². The Morgan fingerprint density at radius 1 is 1.62 bits per heavy atom. The van der Waals surface area contributed by atoms with Crippen molar-refractivity contribution in [3.63, 3.8) is 0 Å². The number of hydrogen-bond donors (Lipinski definition) is 2. The lowest BCUT2D eigenvalue weighted by Gasteiger charge is -2.19. The Hall–Kier alpha value is -1.90. The molecular formula is C16H20N2O3. The van der Waals surface area contributed by atoms with Gasteiger partial charge >= 0.3 is 0 Å². The lowest BCUT2D eigenvalue weighted by Crippen LogP contribution is -2.40. The van der Waals surface area contributed by atoms with Gasteiger partial charge in [0.25, 0.3) is 5.91 Å². The number of nitrogens with one attached hydrogen (secondary N) is 1. The zero-order valence-electron chi connectivity index (χ0n) is 12.1. The summed E-state index contributed by atoms with van der Waals surface area (Å²) in [4.78, 5) is 16.2. The van der Waals surface area contributed by atoms with Gasteiger partial charge in [0.05, 0.1) is 24.3 Å². The molecule has 1 amide bonds. The largest absolute Gasteiger partial charge is 0.395 e. The molecule has 1 aliphatic rings. The van der Waals surface area contributed by atoms with Crippen molar-refractivity contribution in [3.05, 3.63) is 29.6 Å². The van der Waals surface area contributed by atoms with Crippen molar-refractivity contribution in [2.75, 3.05) is 13.2 Å². The Bertz CT molecular complexity index is 542. The smallest absolute Gasteiger partial charge is 0.253 e. The Morgan fingerprint density at radius 2 is 2.48 bits per heavy atom. The summed E-state index contributed by atoms with van der Waals surface area (Å²) in [6.45, 7) is 2.74. The molecule has 2 rings (SSSR count). The second kappa shape index (κ2) is 7.77. The van der Waals surface area contributed by atoms with E-state index in [1.807, 2.05) is 6.92 Å². The summed E-state index contributed by atoms with van der Waals surface area (Å²) in [5.74, 6) is 5.51. The van der Waals surface area contributed by atoms with Gasteiger partial charge in [-0.15, -0.1) is 0 Å². The maximum Gasteiger partial charge on any atom is 0.253 e. The first-order valence-electron chi connectivity index (χ1n) is 7.18. The molecular weight excluding hydrogens is 268 g/mol. The van der Waals surface area contributed by atoms with Gasteiger partial charge in [-0.1, -0.05) is 11.8 Å². The van der Waals surface area contributed by atoms with Gasteiger partial charge < -0.3 is 15.2 Å². The van der Waals surface area contributed by atoms with Gasteiger partial charge in [0.15, 0.2) is 0 Å². The van der Waals surface area contributed by atoms with Crippen molar-refractivity contribution in [3.8, 4) is 11.8 Å². The highest BCUT2D eigenvalue weighted by molar-refractivity contribution is 5.94. The molecule has 0 radical (unpaired) electrons. The quantitative estimate of drug-likeness (QED) is 0.814. The fourth-order valence-corrected chi connectivity index (χ4v) is 2.23. The Kier molecular flexibility index (Phi) is 5.73. The van der Waals surface area contributed by atoms with Crippen LogP contribution in [0, 0.1) is 11.8 Å². The molecule has 1 aromatic heterocycles. The summed E-state index contributed by atoms with van der Waals surface area (Å²) in [5, 5.41) is 11.6. The first-order valence-corrected chi connectivity index (χ1v) is 7.18. The van der Waals surface area contributed by atoms with Crippen molar-refractivity contribution >= 4 is 5.91 Å². The molecule has 0 aliphatic carbocycles. The average Bonchev–Trinajstić information content (AvgIpc) is 3.02. The van der Waals surface area contributed by atoms with Crippen LogP contribution in [0.1, 0.15) is 42.1 Å². The van der Waals surface area contributed by atoms with Gasteiger partial charge in [0.1, 0.15) is 0 Å². The number of ether oxygens (including phenoxy) is 1. The van der Waals surface area contributed by atoms with E-state index in [0.29, 0.717) is 17.5 Å². The summed E-state index contributed by atoms with van der Waals surface area (Å²) in [6, 6.07) is 1.68. The van der Waals surface area contributed by atoms with Crippen LogP contribution in [0.3, 0.4) is 0 Å². The Balaban J connectivity index is 1.98. The molecule has 112 valence electrons. The topological polar surface area (TPSA) is 71.5 Å². The first kappa shape index (κ1) is 15.5. The van der Waals surface area contributed by atoms with Gasteiger partial charge in [-0.05, 0) is 25.8 Å². The van der Waals surface area contributed by atoms with Gasteiger partial charge in [0.2, 0.25) is 0 Å². The van der Waals surface area contributed by atoms with Crippen LogP contribution in [0.2, 0.25) is 0 Å². The minimum Gasteiger partial charge on any atom is -0.395 e. The van der Waals surface area contributed by atoms with Crippen molar-refractivity contribution < 1.29 is 14.6 Å². The molecule has 21 heavy (non-hydrogen) atoms. The van der Waals surface area contributed by atoms with E-state index in [4.69, 9.17) is 9.84 Å². The van der Waals surface area contributed by atoms with E-state index < -0.39 is 0 Å². The van der Waals surface area contributed by atoms with Crippen LogP contribution in [0.5, 0.6) is 0 Å². The van der Waals surface area contributed by atoms with E-state index in [2.05, 4.69) is 22.1 Å². The first-order chi connectivity index (χ1) is 10.2. The van der Waals surface area contributed by atoms with E-state index in [-0.39, 0.29) is 24.7 Å². The number of aliphatic hydroxyl groups is 1. The zero-order chi connectivity index (χ0) is 15.1. The standard InChI is InChI=1S/C16H20N2O3/c1-12(15-6-4-8-21-15)18-16(20)14-9-13(10-17-11-14)5-2-3-7-19/h9-12,15,19H,3-4,6-8H2,1H3,(H,18,20). The monoisotopic (exact) mass is 288 g/mol. The van der Waals surface area contributed by atoms with Gasteiger partial charge in [0, 0.05) is 31.0 Å². The van der Waals surface area contributed by atoms with Gasteiger partial charge in [-0.3, -0.25) is 9.78 Å². The third kappa shape index (κ3) is 4.55. The van der Waals surface area contributed by atoms with Crippen molar-refractivity contribution in [2.24, 2.45) is 0 Å². The van der Waals surface area contributed by atoms with E-state index in [0.717, 1.165) is 19.4 Å². The fourth-order valence-electron chi connectivity index (χ4n) is 2.23. The molecule has 1 aliphatic heterocycles. The van der Waals surface area contributed by atoms with Crippen LogP contribution in [-0.2, 0) is 4.74 Å². The Morgan fingerprint density at radius 3 is 3.19 bits per heavy atom. The highest BCUT2D eigenvalue weighted by atomic mass is 16.5. The maximum atomic E-state index is 12.2. The SMILES string of the molecule is CC(NC(=O)c1cncc(C#CCCO)c1)C1CCCO1.